The van der Waals surface area contributed by atoms with Crippen LogP contribution < -0.4 is 0 Å². The number of hydrogen-bond acceptors (Lipinski definition) is 6. The van der Waals surface area contributed by atoms with E-state index in [4.69, 9.17) is 9.47 Å². The van der Waals surface area contributed by atoms with E-state index in [-0.39, 0.29) is 23.1 Å². The van der Waals surface area contributed by atoms with Crippen molar-refractivity contribution in [1.29, 1.82) is 0 Å². The SMILES string of the molecule is CC1=C(CCC2=C[C@H](O)OC2=O)[C@@]2(C)CCC[C@]3(C)C(=O)O[C@@H](C1=O)[C@@H]32. The number of cyclic esters (lactones) is 1. The number of allylic oxidation sites excluding steroid dienone is 1. The zero-order chi connectivity index (χ0) is 18.9. The first-order valence-electron chi connectivity index (χ1n) is 9.24. The summed E-state index contributed by atoms with van der Waals surface area (Å²) in [6.07, 6.45) is 3.04. The van der Waals surface area contributed by atoms with E-state index in [1.54, 1.807) is 6.92 Å². The zero-order valence-electron chi connectivity index (χ0n) is 15.3. The van der Waals surface area contributed by atoms with E-state index in [9.17, 15) is 19.5 Å². The molecule has 2 aliphatic heterocycles. The second-order valence-corrected chi connectivity index (χ2v) is 8.45. The number of carbonyl (C=O) groups is 3. The number of aliphatic hydroxyl groups excluding tert-OH is 1. The van der Waals surface area contributed by atoms with Gasteiger partial charge in [-0.15, -0.1) is 0 Å². The highest BCUT2D eigenvalue weighted by molar-refractivity contribution is 6.04. The third-order valence-electron chi connectivity index (χ3n) is 7.02. The van der Waals surface area contributed by atoms with Crippen molar-refractivity contribution < 1.29 is 29.0 Å². The van der Waals surface area contributed by atoms with Gasteiger partial charge in [-0.05, 0) is 56.6 Å². The molecule has 2 aliphatic carbocycles. The quantitative estimate of drug-likeness (QED) is 0.776. The second kappa shape index (κ2) is 5.52. The lowest BCUT2D eigenvalue weighted by Gasteiger charge is -2.51. The number of Topliss-reactive ketones (excluding diaryl/α,β-unsaturated/α-hetero) is 1. The molecule has 0 amide bonds. The average Bonchev–Trinajstić information content (AvgIpc) is 3.03. The van der Waals surface area contributed by atoms with Gasteiger partial charge in [0.05, 0.1) is 5.41 Å². The second-order valence-electron chi connectivity index (χ2n) is 8.45. The molecule has 0 bridgehead atoms. The lowest BCUT2D eigenvalue weighted by molar-refractivity contribution is -0.151. The van der Waals surface area contributed by atoms with Crippen molar-refractivity contribution in [3.05, 3.63) is 22.8 Å². The van der Waals surface area contributed by atoms with Crippen molar-refractivity contribution in [1.82, 2.24) is 0 Å². The van der Waals surface area contributed by atoms with Crippen LogP contribution in [0.4, 0.5) is 0 Å². The molecule has 0 spiro atoms. The van der Waals surface area contributed by atoms with Gasteiger partial charge < -0.3 is 14.6 Å². The van der Waals surface area contributed by atoms with E-state index in [1.165, 1.54) is 6.08 Å². The summed E-state index contributed by atoms with van der Waals surface area (Å²) in [5, 5.41) is 9.44. The van der Waals surface area contributed by atoms with Crippen LogP contribution in [-0.4, -0.2) is 35.2 Å². The predicted molar refractivity (Wildman–Crippen MR) is 90.6 cm³/mol. The Hall–Kier alpha value is -1.95. The molecule has 1 saturated heterocycles. The van der Waals surface area contributed by atoms with Crippen molar-refractivity contribution in [2.24, 2.45) is 16.7 Å². The molecule has 26 heavy (non-hydrogen) atoms. The molecule has 0 radical (unpaired) electrons. The van der Waals surface area contributed by atoms with Gasteiger partial charge in [-0.25, -0.2) is 4.79 Å². The molecule has 0 aromatic heterocycles. The first kappa shape index (κ1) is 17.5. The molecule has 140 valence electrons. The van der Waals surface area contributed by atoms with E-state index < -0.39 is 23.8 Å². The van der Waals surface area contributed by atoms with Crippen molar-refractivity contribution in [3.63, 3.8) is 0 Å². The molecule has 2 fully saturated rings. The summed E-state index contributed by atoms with van der Waals surface area (Å²) in [4.78, 5) is 37.2. The Labute approximate surface area is 152 Å². The van der Waals surface area contributed by atoms with Gasteiger partial charge in [-0.2, -0.15) is 0 Å². The van der Waals surface area contributed by atoms with Gasteiger partial charge in [0.1, 0.15) is 0 Å². The zero-order valence-corrected chi connectivity index (χ0v) is 15.3. The Morgan fingerprint density at radius 2 is 1.81 bits per heavy atom. The Kier molecular flexibility index (Phi) is 3.71. The predicted octanol–water partition coefficient (Wildman–Crippen LogP) is 2.21. The average molecular weight is 360 g/mol. The molecule has 1 N–H and O–H groups in total. The summed E-state index contributed by atoms with van der Waals surface area (Å²) in [5.41, 5.74) is 1.18. The molecule has 0 aromatic carbocycles. The number of ketones is 1. The summed E-state index contributed by atoms with van der Waals surface area (Å²) in [7, 11) is 0. The Morgan fingerprint density at radius 1 is 1.12 bits per heavy atom. The molecule has 6 nitrogen and oxygen atoms in total. The monoisotopic (exact) mass is 360 g/mol. The van der Waals surface area contributed by atoms with Crippen LogP contribution >= 0.6 is 0 Å². The summed E-state index contributed by atoms with van der Waals surface area (Å²) in [5.74, 6) is -1.03. The van der Waals surface area contributed by atoms with Crippen molar-refractivity contribution in [2.45, 2.75) is 65.3 Å². The van der Waals surface area contributed by atoms with Crippen LogP contribution in [0.5, 0.6) is 0 Å². The molecular weight excluding hydrogens is 336 g/mol. The fourth-order valence-electron chi connectivity index (χ4n) is 5.76. The van der Waals surface area contributed by atoms with Crippen LogP contribution in [0.25, 0.3) is 0 Å². The maximum absolute atomic E-state index is 12.9. The van der Waals surface area contributed by atoms with Gasteiger partial charge in [0, 0.05) is 11.5 Å². The summed E-state index contributed by atoms with van der Waals surface area (Å²) in [6.45, 7) is 5.86. The number of esters is 2. The molecule has 0 aromatic rings. The van der Waals surface area contributed by atoms with Gasteiger partial charge >= 0.3 is 11.9 Å². The Balaban J connectivity index is 1.70. The van der Waals surface area contributed by atoms with Crippen LogP contribution in [0.15, 0.2) is 22.8 Å². The van der Waals surface area contributed by atoms with Gasteiger partial charge in [-0.3, -0.25) is 9.59 Å². The van der Waals surface area contributed by atoms with E-state index >= 15 is 0 Å². The largest absolute Gasteiger partial charge is 0.453 e. The molecular formula is C20H24O6. The molecule has 2 heterocycles. The van der Waals surface area contributed by atoms with Crippen LogP contribution in [0, 0.1) is 16.7 Å². The number of rotatable bonds is 3. The summed E-state index contributed by atoms with van der Waals surface area (Å²) in [6, 6.07) is 0. The van der Waals surface area contributed by atoms with Crippen molar-refractivity contribution in [2.75, 3.05) is 0 Å². The number of carbonyl (C=O) groups excluding carboxylic acids is 3. The Morgan fingerprint density at radius 3 is 2.46 bits per heavy atom. The highest BCUT2D eigenvalue weighted by atomic mass is 16.6. The summed E-state index contributed by atoms with van der Waals surface area (Å²) < 4.78 is 10.3. The van der Waals surface area contributed by atoms with Crippen molar-refractivity contribution in [3.8, 4) is 0 Å². The number of ether oxygens (including phenoxy) is 2. The van der Waals surface area contributed by atoms with Crippen LogP contribution in [-0.2, 0) is 23.9 Å². The van der Waals surface area contributed by atoms with Crippen LogP contribution in [0.3, 0.4) is 0 Å². The van der Waals surface area contributed by atoms with Gasteiger partial charge in [-0.1, -0.05) is 18.9 Å². The van der Waals surface area contributed by atoms with Gasteiger partial charge in [0.25, 0.3) is 0 Å². The number of aliphatic hydroxyl groups is 1. The van der Waals surface area contributed by atoms with Gasteiger partial charge in [0.15, 0.2) is 11.9 Å². The first-order chi connectivity index (χ1) is 12.2. The van der Waals surface area contributed by atoms with E-state index in [1.807, 2.05) is 6.92 Å². The fraction of sp³-hybridized carbons (Fsp3) is 0.650. The third kappa shape index (κ3) is 2.17. The minimum absolute atomic E-state index is 0.107. The lowest BCUT2D eigenvalue weighted by Crippen LogP contribution is -2.52. The molecule has 5 atom stereocenters. The normalized spacial score (nSPS) is 41.8. The van der Waals surface area contributed by atoms with Gasteiger partial charge in [0.2, 0.25) is 6.29 Å². The molecule has 1 saturated carbocycles. The smallest absolute Gasteiger partial charge is 0.336 e. The Bertz CT molecular complexity index is 777. The standard InChI is InChI=1S/C20H24O6/c1-10-12(6-5-11-9-13(21)25-17(11)23)19(2)7-4-8-20(3)16(19)15(14(10)22)26-18(20)24/h9,13,15-16,21H,4-8H2,1-3H3/t13-,15+,16-,19-,20+/m1/s1. The maximum atomic E-state index is 12.9. The third-order valence-corrected chi connectivity index (χ3v) is 7.02. The molecule has 4 aliphatic rings. The van der Waals surface area contributed by atoms with Crippen molar-refractivity contribution >= 4 is 17.7 Å². The highest BCUT2D eigenvalue weighted by Crippen LogP contribution is 2.63. The van der Waals surface area contributed by atoms with E-state index in [0.29, 0.717) is 24.0 Å². The van der Waals surface area contributed by atoms with Crippen LogP contribution in [0.1, 0.15) is 52.9 Å². The topological polar surface area (TPSA) is 89.9 Å². The van der Waals surface area contributed by atoms with E-state index in [2.05, 4.69) is 6.92 Å². The maximum Gasteiger partial charge on any atom is 0.336 e. The molecule has 4 rings (SSSR count). The molecule has 6 heteroatoms. The highest BCUT2D eigenvalue weighted by Gasteiger charge is 2.66. The van der Waals surface area contributed by atoms with E-state index in [0.717, 1.165) is 24.8 Å². The first-order valence-corrected chi connectivity index (χ1v) is 9.24. The van der Waals surface area contributed by atoms with Crippen LogP contribution in [0.2, 0.25) is 0 Å². The minimum Gasteiger partial charge on any atom is -0.453 e. The summed E-state index contributed by atoms with van der Waals surface area (Å²) >= 11 is 0. The number of hydrogen-bond donors (Lipinski definition) is 1. The lowest BCUT2D eigenvalue weighted by atomic mass is 9.49. The minimum atomic E-state index is -1.18. The molecule has 0 unspecified atom stereocenters. The fourth-order valence-corrected chi connectivity index (χ4v) is 5.76.